The Balaban J connectivity index is 1.61. The molecule has 1 saturated carbocycles. The Morgan fingerprint density at radius 3 is 3.10 bits per heavy atom. The molecule has 1 aromatic carbocycles. The molecule has 0 bridgehead atoms. The van der Waals surface area contributed by atoms with E-state index in [1.807, 2.05) is 6.20 Å². The standard InChI is InChI=1S/C17H25N3/c1-2-11-18-16-8-5-7-14(16)10-12-20-17-9-4-3-6-15(17)13-19-20/h3-4,6,9,13-14,16,18H,2,5,7-8,10-12H2,1H3. The Kier molecular flexibility index (Phi) is 4.36. The van der Waals surface area contributed by atoms with Gasteiger partial charge >= 0.3 is 0 Å². The summed E-state index contributed by atoms with van der Waals surface area (Å²) in [5.41, 5.74) is 1.27. The molecule has 2 unspecified atom stereocenters. The Bertz CT molecular complexity index is 546. The van der Waals surface area contributed by atoms with Crippen LogP contribution in [0.1, 0.15) is 39.0 Å². The predicted octanol–water partition coefficient (Wildman–Crippen LogP) is 3.59. The molecule has 2 aromatic rings. The van der Waals surface area contributed by atoms with E-state index in [1.54, 1.807) is 0 Å². The Labute approximate surface area is 121 Å². The summed E-state index contributed by atoms with van der Waals surface area (Å²) < 4.78 is 2.17. The molecule has 0 aliphatic heterocycles. The second kappa shape index (κ2) is 6.40. The lowest BCUT2D eigenvalue weighted by atomic mass is 9.99. The quantitative estimate of drug-likeness (QED) is 0.870. The molecule has 0 saturated heterocycles. The number of para-hydroxylation sites is 1. The van der Waals surface area contributed by atoms with Crippen molar-refractivity contribution in [2.45, 2.75) is 51.6 Å². The molecule has 0 amide bonds. The van der Waals surface area contributed by atoms with Gasteiger partial charge in [0.05, 0.1) is 11.7 Å². The van der Waals surface area contributed by atoms with E-state index in [2.05, 4.69) is 46.3 Å². The highest BCUT2D eigenvalue weighted by atomic mass is 15.3. The molecule has 0 radical (unpaired) electrons. The van der Waals surface area contributed by atoms with Crippen LogP contribution in [0.2, 0.25) is 0 Å². The highest BCUT2D eigenvalue weighted by Crippen LogP contribution is 2.29. The molecule has 3 rings (SSSR count). The minimum atomic E-state index is 0.733. The molecular weight excluding hydrogens is 246 g/mol. The van der Waals surface area contributed by atoms with Gasteiger partial charge in [-0.1, -0.05) is 31.5 Å². The minimum absolute atomic E-state index is 0.733. The van der Waals surface area contributed by atoms with Crippen molar-refractivity contribution >= 4 is 10.9 Å². The maximum atomic E-state index is 4.54. The molecule has 3 heteroatoms. The van der Waals surface area contributed by atoms with Crippen LogP contribution in [0.4, 0.5) is 0 Å². The smallest absolute Gasteiger partial charge is 0.0682 e. The first kappa shape index (κ1) is 13.6. The van der Waals surface area contributed by atoms with Crippen molar-refractivity contribution < 1.29 is 0 Å². The van der Waals surface area contributed by atoms with Gasteiger partial charge in [0.1, 0.15) is 0 Å². The first-order valence-electron chi connectivity index (χ1n) is 8.02. The summed E-state index contributed by atoms with van der Waals surface area (Å²) in [5, 5.41) is 9.51. The van der Waals surface area contributed by atoms with Crippen LogP contribution < -0.4 is 5.32 Å². The SMILES string of the molecule is CCCNC1CCCC1CCn1ncc2ccccc21. The number of nitrogens with zero attached hydrogens (tertiary/aromatic N) is 2. The molecule has 1 aromatic heterocycles. The fourth-order valence-electron chi connectivity index (χ4n) is 3.47. The Morgan fingerprint density at radius 1 is 1.30 bits per heavy atom. The van der Waals surface area contributed by atoms with E-state index in [9.17, 15) is 0 Å². The van der Waals surface area contributed by atoms with E-state index in [0.717, 1.165) is 25.0 Å². The average Bonchev–Trinajstić information content (AvgIpc) is 3.09. The zero-order valence-electron chi connectivity index (χ0n) is 12.4. The Hall–Kier alpha value is -1.35. The van der Waals surface area contributed by atoms with Gasteiger partial charge in [0.2, 0.25) is 0 Å². The largest absolute Gasteiger partial charge is 0.314 e. The molecule has 20 heavy (non-hydrogen) atoms. The van der Waals surface area contributed by atoms with Gasteiger partial charge in [0.25, 0.3) is 0 Å². The van der Waals surface area contributed by atoms with Crippen LogP contribution in [-0.2, 0) is 6.54 Å². The van der Waals surface area contributed by atoms with Crippen LogP contribution >= 0.6 is 0 Å². The average molecular weight is 271 g/mol. The normalized spacial score (nSPS) is 22.6. The first-order chi connectivity index (χ1) is 9.88. The monoisotopic (exact) mass is 271 g/mol. The van der Waals surface area contributed by atoms with Crippen LogP contribution in [-0.4, -0.2) is 22.4 Å². The number of rotatable bonds is 6. The van der Waals surface area contributed by atoms with Gasteiger partial charge in [-0.25, -0.2) is 0 Å². The van der Waals surface area contributed by atoms with Gasteiger partial charge < -0.3 is 5.32 Å². The molecular formula is C17H25N3. The number of hydrogen-bond acceptors (Lipinski definition) is 2. The topological polar surface area (TPSA) is 29.9 Å². The zero-order chi connectivity index (χ0) is 13.8. The molecule has 108 valence electrons. The summed E-state index contributed by atoms with van der Waals surface area (Å²) in [5.74, 6) is 0.824. The van der Waals surface area contributed by atoms with E-state index in [-0.39, 0.29) is 0 Å². The van der Waals surface area contributed by atoms with Crippen LogP contribution in [0.25, 0.3) is 10.9 Å². The number of aromatic nitrogens is 2. The van der Waals surface area contributed by atoms with Gasteiger partial charge in [-0.3, -0.25) is 4.68 Å². The van der Waals surface area contributed by atoms with Crippen molar-refractivity contribution in [3.05, 3.63) is 30.5 Å². The molecule has 1 fully saturated rings. The number of hydrogen-bond donors (Lipinski definition) is 1. The van der Waals surface area contributed by atoms with E-state index in [1.165, 1.54) is 43.0 Å². The van der Waals surface area contributed by atoms with E-state index >= 15 is 0 Å². The fraction of sp³-hybridized carbons (Fsp3) is 0.588. The number of nitrogens with one attached hydrogen (secondary N) is 1. The highest BCUT2D eigenvalue weighted by molar-refractivity contribution is 5.78. The van der Waals surface area contributed by atoms with Crippen molar-refractivity contribution in [1.29, 1.82) is 0 Å². The molecule has 1 aliphatic rings. The van der Waals surface area contributed by atoms with E-state index in [4.69, 9.17) is 0 Å². The lowest BCUT2D eigenvalue weighted by Crippen LogP contribution is -2.33. The summed E-state index contributed by atoms with van der Waals surface area (Å²) in [6, 6.07) is 9.22. The maximum absolute atomic E-state index is 4.54. The van der Waals surface area contributed by atoms with Crippen LogP contribution in [0, 0.1) is 5.92 Å². The van der Waals surface area contributed by atoms with E-state index in [0.29, 0.717) is 0 Å². The maximum Gasteiger partial charge on any atom is 0.0682 e. The molecule has 0 spiro atoms. The molecule has 1 N–H and O–H groups in total. The summed E-state index contributed by atoms with van der Waals surface area (Å²) in [6.45, 7) is 4.45. The predicted molar refractivity (Wildman–Crippen MR) is 83.8 cm³/mol. The van der Waals surface area contributed by atoms with Gasteiger partial charge in [0.15, 0.2) is 0 Å². The molecule has 1 heterocycles. The third kappa shape index (κ3) is 2.88. The highest BCUT2D eigenvalue weighted by Gasteiger charge is 2.26. The third-order valence-electron chi connectivity index (χ3n) is 4.58. The number of benzene rings is 1. The lowest BCUT2D eigenvalue weighted by Gasteiger charge is -2.21. The molecule has 2 atom stereocenters. The fourth-order valence-corrected chi connectivity index (χ4v) is 3.47. The second-order valence-corrected chi connectivity index (χ2v) is 5.97. The molecule has 1 aliphatic carbocycles. The lowest BCUT2D eigenvalue weighted by molar-refractivity contribution is 0.357. The van der Waals surface area contributed by atoms with Crippen molar-refractivity contribution in [3.63, 3.8) is 0 Å². The molecule has 3 nitrogen and oxygen atoms in total. The van der Waals surface area contributed by atoms with Crippen LogP contribution in [0.5, 0.6) is 0 Å². The minimum Gasteiger partial charge on any atom is -0.314 e. The van der Waals surface area contributed by atoms with Gasteiger partial charge in [-0.15, -0.1) is 0 Å². The van der Waals surface area contributed by atoms with Gasteiger partial charge in [-0.05, 0) is 44.2 Å². The summed E-state index contributed by atoms with van der Waals surface area (Å²) in [6.07, 6.45) is 8.56. The zero-order valence-corrected chi connectivity index (χ0v) is 12.4. The number of fused-ring (bicyclic) bond motifs is 1. The Morgan fingerprint density at radius 2 is 2.20 bits per heavy atom. The van der Waals surface area contributed by atoms with Crippen molar-refractivity contribution in [2.24, 2.45) is 5.92 Å². The first-order valence-corrected chi connectivity index (χ1v) is 8.02. The summed E-state index contributed by atoms with van der Waals surface area (Å²) >= 11 is 0. The van der Waals surface area contributed by atoms with Gasteiger partial charge in [0, 0.05) is 18.0 Å². The summed E-state index contributed by atoms with van der Waals surface area (Å²) in [7, 11) is 0. The van der Waals surface area contributed by atoms with E-state index < -0.39 is 0 Å². The second-order valence-electron chi connectivity index (χ2n) is 5.97. The summed E-state index contributed by atoms with van der Waals surface area (Å²) in [4.78, 5) is 0. The van der Waals surface area contributed by atoms with Crippen LogP contribution in [0.15, 0.2) is 30.5 Å². The van der Waals surface area contributed by atoms with Crippen molar-refractivity contribution in [2.75, 3.05) is 6.54 Å². The number of aryl methyl sites for hydroxylation is 1. The van der Waals surface area contributed by atoms with Crippen LogP contribution in [0.3, 0.4) is 0 Å². The van der Waals surface area contributed by atoms with Gasteiger partial charge in [-0.2, -0.15) is 5.10 Å². The van der Waals surface area contributed by atoms with Crippen molar-refractivity contribution in [3.8, 4) is 0 Å². The third-order valence-corrected chi connectivity index (χ3v) is 4.58. The van der Waals surface area contributed by atoms with Crippen molar-refractivity contribution in [1.82, 2.24) is 15.1 Å².